The molecule has 35 heavy (non-hydrogen) atoms. The summed E-state index contributed by atoms with van der Waals surface area (Å²) in [6.07, 6.45) is 0.833. The Morgan fingerprint density at radius 3 is 2.34 bits per heavy atom. The molecule has 8 nitrogen and oxygen atoms in total. The van der Waals surface area contributed by atoms with Crippen molar-refractivity contribution in [3.8, 4) is 16.9 Å². The van der Waals surface area contributed by atoms with E-state index in [1.807, 2.05) is 34.9 Å². The highest BCUT2D eigenvalue weighted by Crippen LogP contribution is 2.41. The number of methoxy groups -OCH3 is 1. The third-order valence-electron chi connectivity index (χ3n) is 6.77. The number of aromatic nitrogens is 1. The van der Waals surface area contributed by atoms with Crippen LogP contribution in [-0.2, 0) is 21.4 Å². The van der Waals surface area contributed by atoms with Crippen molar-refractivity contribution in [1.29, 1.82) is 0 Å². The van der Waals surface area contributed by atoms with Crippen molar-refractivity contribution >= 4 is 21.6 Å². The quantitative estimate of drug-likeness (QED) is 0.588. The van der Waals surface area contributed by atoms with E-state index in [9.17, 15) is 18.0 Å². The van der Waals surface area contributed by atoms with E-state index in [0.717, 1.165) is 29.0 Å². The standard InChI is InChI=1S/C26H27N3O5S/c1-17(30)27-21-5-9-23(10-6-21)35(32,33)28-14-18-13-20(16-28)26-24(11-12-25(31)29(26)15-18)19-3-7-22(34-2)8-4-19/h3-12,18,20H,13-16H2,1-2H3,(H,27,30)/t18-,20+/m0/s1. The first-order valence-corrected chi connectivity index (χ1v) is 13.0. The van der Waals surface area contributed by atoms with Gasteiger partial charge in [0.1, 0.15) is 5.75 Å². The number of fused-ring (bicyclic) bond motifs is 4. The molecule has 9 heteroatoms. The molecule has 1 amide bonds. The normalized spacial score (nSPS) is 19.6. The summed E-state index contributed by atoms with van der Waals surface area (Å²) in [6, 6.07) is 17.3. The lowest BCUT2D eigenvalue weighted by molar-refractivity contribution is -0.114. The minimum atomic E-state index is -3.73. The van der Waals surface area contributed by atoms with Crippen LogP contribution < -0.4 is 15.6 Å². The summed E-state index contributed by atoms with van der Waals surface area (Å²) >= 11 is 0. The first-order chi connectivity index (χ1) is 16.8. The third-order valence-corrected chi connectivity index (χ3v) is 8.62. The summed E-state index contributed by atoms with van der Waals surface area (Å²) in [4.78, 5) is 24.2. The molecule has 5 rings (SSSR count). The second kappa shape index (κ2) is 8.98. The highest BCUT2D eigenvalue weighted by Gasteiger charge is 2.40. The minimum Gasteiger partial charge on any atom is -0.497 e. The maximum atomic E-state index is 13.5. The topological polar surface area (TPSA) is 97.7 Å². The Kier molecular flexibility index (Phi) is 5.98. The third kappa shape index (κ3) is 4.37. The molecule has 0 spiro atoms. The zero-order valence-electron chi connectivity index (χ0n) is 19.6. The van der Waals surface area contributed by atoms with Gasteiger partial charge in [0, 0.05) is 55.5 Å². The molecule has 2 aromatic carbocycles. The molecule has 2 atom stereocenters. The molecular formula is C26H27N3O5S. The number of hydrogen-bond donors (Lipinski definition) is 1. The van der Waals surface area contributed by atoms with E-state index in [2.05, 4.69) is 5.32 Å². The molecule has 1 saturated heterocycles. The van der Waals surface area contributed by atoms with E-state index < -0.39 is 10.0 Å². The zero-order chi connectivity index (χ0) is 24.7. The maximum Gasteiger partial charge on any atom is 0.250 e. The van der Waals surface area contributed by atoms with Gasteiger partial charge in [0.2, 0.25) is 15.9 Å². The number of carbonyl (C=O) groups is 1. The van der Waals surface area contributed by atoms with E-state index in [1.54, 1.807) is 25.3 Å². The number of benzene rings is 2. The van der Waals surface area contributed by atoms with Crippen LogP contribution in [0, 0.1) is 5.92 Å². The predicted molar refractivity (Wildman–Crippen MR) is 133 cm³/mol. The van der Waals surface area contributed by atoms with Crippen LogP contribution >= 0.6 is 0 Å². The van der Waals surface area contributed by atoms with Crippen LogP contribution in [0.2, 0.25) is 0 Å². The summed E-state index contributed by atoms with van der Waals surface area (Å²) < 4.78 is 35.7. The van der Waals surface area contributed by atoms with Gasteiger partial charge in [0.25, 0.3) is 5.56 Å². The van der Waals surface area contributed by atoms with E-state index in [0.29, 0.717) is 25.3 Å². The van der Waals surface area contributed by atoms with Crippen molar-refractivity contribution in [3.63, 3.8) is 0 Å². The SMILES string of the molecule is COc1ccc(-c2ccc(=O)n3c2[C@@H]2C[C@@H](CN(S(=O)(=O)c4ccc(NC(C)=O)cc4)C2)C3)cc1. The maximum absolute atomic E-state index is 13.5. The molecule has 1 aromatic heterocycles. The fourth-order valence-electron chi connectivity index (χ4n) is 5.24. The molecule has 0 saturated carbocycles. The van der Waals surface area contributed by atoms with Gasteiger partial charge in [-0.25, -0.2) is 8.42 Å². The predicted octanol–water partition coefficient (Wildman–Crippen LogP) is 3.29. The summed E-state index contributed by atoms with van der Waals surface area (Å²) in [5.41, 5.74) is 3.28. The number of pyridine rings is 1. The molecule has 2 aliphatic heterocycles. The molecule has 2 bridgehead atoms. The Morgan fingerprint density at radius 1 is 0.971 bits per heavy atom. The largest absolute Gasteiger partial charge is 0.497 e. The van der Waals surface area contributed by atoms with Crippen molar-refractivity contribution in [2.45, 2.75) is 30.7 Å². The molecular weight excluding hydrogens is 466 g/mol. The van der Waals surface area contributed by atoms with Gasteiger partial charge in [0.15, 0.2) is 0 Å². The summed E-state index contributed by atoms with van der Waals surface area (Å²) in [7, 11) is -2.12. The highest BCUT2D eigenvalue weighted by atomic mass is 32.2. The lowest BCUT2D eigenvalue weighted by Crippen LogP contribution is -2.49. The Morgan fingerprint density at radius 2 is 1.69 bits per heavy atom. The van der Waals surface area contributed by atoms with Crippen LogP contribution in [0.4, 0.5) is 5.69 Å². The van der Waals surface area contributed by atoms with Gasteiger partial charge in [-0.15, -0.1) is 0 Å². The van der Waals surface area contributed by atoms with E-state index >= 15 is 0 Å². The van der Waals surface area contributed by atoms with Crippen LogP contribution in [0.3, 0.4) is 0 Å². The molecule has 0 unspecified atom stereocenters. The van der Waals surface area contributed by atoms with Crippen molar-refractivity contribution in [2.24, 2.45) is 5.92 Å². The fourth-order valence-corrected chi connectivity index (χ4v) is 6.81. The Bertz CT molecular complexity index is 1430. The fraction of sp³-hybridized carbons (Fsp3) is 0.308. The number of hydrogen-bond acceptors (Lipinski definition) is 5. The Labute approximate surface area is 204 Å². The number of ether oxygens (including phenoxy) is 1. The number of nitrogens with one attached hydrogen (secondary N) is 1. The van der Waals surface area contributed by atoms with Crippen molar-refractivity contribution in [1.82, 2.24) is 8.87 Å². The van der Waals surface area contributed by atoms with Crippen LogP contribution in [0.15, 0.2) is 70.4 Å². The number of anilines is 1. The minimum absolute atomic E-state index is 0.0542. The van der Waals surface area contributed by atoms with E-state index in [-0.39, 0.29) is 28.2 Å². The number of rotatable bonds is 5. The van der Waals surface area contributed by atoms with Gasteiger partial charge in [0.05, 0.1) is 12.0 Å². The second-order valence-corrected chi connectivity index (χ2v) is 11.1. The summed E-state index contributed by atoms with van der Waals surface area (Å²) in [5.74, 6) is 0.488. The van der Waals surface area contributed by atoms with Crippen LogP contribution in [-0.4, -0.2) is 43.4 Å². The molecule has 2 aliphatic rings. The molecule has 3 heterocycles. The van der Waals surface area contributed by atoms with Crippen molar-refractivity contribution < 1.29 is 17.9 Å². The van der Waals surface area contributed by atoms with Gasteiger partial charge in [-0.2, -0.15) is 4.31 Å². The summed E-state index contributed by atoms with van der Waals surface area (Å²) in [5, 5.41) is 2.65. The Hall–Kier alpha value is -3.43. The molecule has 3 aromatic rings. The first kappa shape index (κ1) is 23.3. The number of sulfonamides is 1. The average Bonchev–Trinajstić information content (AvgIpc) is 2.84. The van der Waals surface area contributed by atoms with Crippen molar-refractivity contribution in [2.75, 3.05) is 25.5 Å². The number of piperidine rings is 1. The van der Waals surface area contributed by atoms with Gasteiger partial charge < -0.3 is 14.6 Å². The molecule has 0 aliphatic carbocycles. The van der Waals surface area contributed by atoms with E-state index in [4.69, 9.17) is 4.74 Å². The van der Waals surface area contributed by atoms with Gasteiger partial charge >= 0.3 is 0 Å². The van der Waals surface area contributed by atoms with Gasteiger partial charge in [-0.05, 0) is 60.4 Å². The van der Waals surface area contributed by atoms with Crippen LogP contribution in [0.1, 0.15) is 25.0 Å². The zero-order valence-corrected chi connectivity index (χ0v) is 20.4. The van der Waals surface area contributed by atoms with Gasteiger partial charge in [-0.1, -0.05) is 12.1 Å². The second-order valence-electron chi connectivity index (χ2n) is 9.14. The van der Waals surface area contributed by atoms with Crippen molar-refractivity contribution in [3.05, 3.63) is 76.7 Å². The first-order valence-electron chi connectivity index (χ1n) is 11.5. The molecule has 1 N–H and O–H groups in total. The molecule has 182 valence electrons. The molecule has 0 radical (unpaired) electrons. The van der Waals surface area contributed by atoms with Crippen LogP contribution in [0.5, 0.6) is 5.75 Å². The smallest absolute Gasteiger partial charge is 0.250 e. The summed E-state index contributed by atoms with van der Waals surface area (Å²) in [6.45, 7) is 2.56. The lowest BCUT2D eigenvalue weighted by atomic mass is 9.81. The highest BCUT2D eigenvalue weighted by molar-refractivity contribution is 7.89. The van der Waals surface area contributed by atoms with Gasteiger partial charge in [-0.3, -0.25) is 9.59 Å². The lowest BCUT2D eigenvalue weighted by Gasteiger charge is -2.42. The van der Waals surface area contributed by atoms with E-state index in [1.165, 1.54) is 23.4 Å². The number of nitrogens with zero attached hydrogens (tertiary/aromatic N) is 2. The monoisotopic (exact) mass is 493 g/mol. The molecule has 1 fully saturated rings. The van der Waals surface area contributed by atoms with Crippen LogP contribution in [0.25, 0.3) is 11.1 Å². The Balaban J connectivity index is 1.49. The number of amides is 1. The number of carbonyl (C=O) groups excluding carboxylic acids is 1. The average molecular weight is 494 g/mol.